The first kappa shape index (κ1) is 14.7. The molecule has 7 heteroatoms. The predicted molar refractivity (Wildman–Crippen MR) is 78.4 cm³/mol. The summed E-state index contributed by atoms with van der Waals surface area (Å²) in [4.78, 5) is 0. The highest BCUT2D eigenvalue weighted by molar-refractivity contribution is 6.33. The van der Waals surface area contributed by atoms with Gasteiger partial charge >= 0.3 is 0 Å². The van der Waals surface area contributed by atoms with E-state index < -0.39 is 0 Å². The Morgan fingerprint density at radius 2 is 2.15 bits per heavy atom. The van der Waals surface area contributed by atoms with Crippen molar-refractivity contribution in [3.63, 3.8) is 0 Å². The molecule has 0 spiro atoms. The fourth-order valence-electron chi connectivity index (χ4n) is 2.00. The van der Waals surface area contributed by atoms with Gasteiger partial charge in [-0.1, -0.05) is 17.7 Å². The molecule has 0 radical (unpaired) electrons. The van der Waals surface area contributed by atoms with Crippen LogP contribution in [0.15, 0.2) is 18.2 Å². The molecule has 1 aromatic heterocycles. The number of ether oxygens (including phenoxy) is 1. The summed E-state index contributed by atoms with van der Waals surface area (Å²) >= 11 is 6.19. The van der Waals surface area contributed by atoms with E-state index in [2.05, 4.69) is 15.5 Å². The summed E-state index contributed by atoms with van der Waals surface area (Å²) in [6, 6.07) is 5.38. The monoisotopic (exact) mass is 295 g/mol. The second kappa shape index (κ2) is 7.21. The normalized spacial score (nSPS) is 10.9. The third-order valence-corrected chi connectivity index (χ3v) is 3.33. The van der Waals surface area contributed by atoms with E-state index in [1.165, 1.54) is 0 Å². The van der Waals surface area contributed by atoms with Gasteiger partial charge in [-0.3, -0.25) is 0 Å². The Bertz CT molecular complexity index is 537. The van der Waals surface area contributed by atoms with E-state index in [1.807, 2.05) is 0 Å². The van der Waals surface area contributed by atoms with Gasteiger partial charge < -0.3 is 10.5 Å². The Hall–Kier alpha value is -1.66. The van der Waals surface area contributed by atoms with Crippen molar-refractivity contribution in [1.29, 1.82) is 0 Å². The van der Waals surface area contributed by atoms with Crippen molar-refractivity contribution >= 4 is 17.3 Å². The number of rotatable bonds is 7. The minimum absolute atomic E-state index is 0.556. The van der Waals surface area contributed by atoms with Gasteiger partial charge in [0.15, 0.2) is 5.82 Å². The molecular weight excluding hydrogens is 278 g/mol. The van der Waals surface area contributed by atoms with E-state index in [9.17, 15) is 0 Å². The number of methoxy groups -OCH3 is 1. The van der Waals surface area contributed by atoms with Crippen LogP contribution in [0.2, 0.25) is 5.02 Å². The average molecular weight is 296 g/mol. The third-order valence-electron chi connectivity index (χ3n) is 3.02. The minimum atomic E-state index is 0.556. The maximum Gasteiger partial charge on any atom is 0.185 e. The first-order chi connectivity index (χ1) is 9.74. The van der Waals surface area contributed by atoms with Crippen LogP contribution in [0.4, 0.5) is 5.69 Å². The number of anilines is 1. The Kier molecular flexibility index (Phi) is 5.31. The van der Waals surface area contributed by atoms with Gasteiger partial charge in [-0.25, -0.2) is 4.68 Å². The summed E-state index contributed by atoms with van der Waals surface area (Å²) in [6.07, 6.45) is 3.07. The number of hydrogen-bond donors (Lipinski definition) is 1. The van der Waals surface area contributed by atoms with E-state index in [-0.39, 0.29) is 0 Å². The second-order valence-electron chi connectivity index (χ2n) is 4.48. The molecule has 0 aliphatic carbocycles. The van der Waals surface area contributed by atoms with Crippen molar-refractivity contribution in [3.8, 4) is 11.4 Å². The molecule has 0 saturated carbocycles. The molecule has 108 valence electrons. The number of hydrogen-bond acceptors (Lipinski definition) is 5. The summed E-state index contributed by atoms with van der Waals surface area (Å²) < 4.78 is 6.76. The van der Waals surface area contributed by atoms with Crippen molar-refractivity contribution in [2.75, 3.05) is 19.5 Å². The molecule has 0 amide bonds. The molecule has 1 aromatic carbocycles. The molecule has 0 saturated heterocycles. The van der Waals surface area contributed by atoms with E-state index in [0.717, 1.165) is 32.4 Å². The number of aryl methyl sites for hydroxylation is 1. The Morgan fingerprint density at radius 1 is 1.30 bits per heavy atom. The summed E-state index contributed by atoms with van der Waals surface area (Å²) in [6.45, 7) is 1.51. The van der Waals surface area contributed by atoms with Crippen LogP contribution >= 0.6 is 11.6 Å². The first-order valence-corrected chi connectivity index (χ1v) is 6.91. The number of unbranched alkanes of at least 4 members (excludes halogenated alkanes) is 2. The minimum Gasteiger partial charge on any atom is -0.398 e. The van der Waals surface area contributed by atoms with Gasteiger partial charge in [-0.2, -0.15) is 0 Å². The van der Waals surface area contributed by atoms with Gasteiger partial charge in [0.2, 0.25) is 0 Å². The zero-order chi connectivity index (χ0) is 14.4. The molecule has 0 atom stereocenters. The van der Waals surface area contributed by atoms with E-state index >= 15 is 0 Å². The number of nitrogen functional groups attached to an aromatic ring is 1. The SMILES string of the molecule is COCCCCCn1nnnc1-c1c(N)cccc1Cl. The number of nitrogens with two attached hydrogens (primary N) is 1. The topological polar surface area (TPSA) is 78.8 Å². The average Bonchev–Trinajstić information content (AvgIpc) is 2.87. The van der Waals surface area contributed by atoms with Crippen molar-refractivity contribution in [2.24, 2.45) is 0 Å². The number of benzene rings is 1. The molecule has 2 rings (SSSR count). The van der Waals surface area contributed by atoms with Gasteiger partial charge in [0.1, 0.15) is 0 Å². The fourth-order valence-corrected chi connectivity index (χ4v) is 2.26. The second-order valence-corrected chi connectivity index (χ2v) is 4.89. The predicted octanol–water partition coefficient (Wildman–Crippen LogP) is 2.39. The lowest BCUT2D eigenvalue weighted by Crippen LogP contribution is -2.05. The lowest BCUT2D eigenvalue weighted by Gasteiger charge is -2.08. The molecule has 6 nitrogen and oxygen atoms in total. The molecule has 0 bridgehead atoms. The van der Waals surface area contributed by atoms with Gasteiger partial charge in [0.25, 0.3) is 0 Å². The van der Waals surface area contributed by atoms with Crippen molar-refractivity contribution < 1.29 is 4.74 Å². The van der Waals surface area contributed by atoms with Crippen LogP contribution in [-0.4, -0.2) is 33.9 Å². The molecular formula is C13H18ClN5O. The quantitative estimate of drug-likeness (QED) is 0.627. The lowest BCUT2D eigenvalue weighted by atomic mass is 10.1. The Morgan fingerprint density at radius 3 is 2.90 bits per heavy atom. The highest BCUT2D eigenvalue weighted by Crippen LogP contribution is 2.31. The van der Waals surface area contributed by atoms with Crippen LogP contribution in [0.1, 0.15) is 19.3 Å². The number of halogens is 1. The molecule has 0 fully saturated rings. The molecule has 0 aliphatic heterocycles. The molecule has 2 N–H and O–H groups in total. The largest absolute Gasteiger partial charge is 0.398 e. The van der Waals surface area contributed by atoms with Crippen LogP contribution in [-0.2, 0) is 11.3 Å². The summed E-state index contributed by atoms with van der Waals surface area (Å²) in [5, 5.41) is 12.3. The molecule has 2 aromatic rings. The molecule has 0 unspecified atom stereocenters. The smallest absolute Gasteiger partial charge is 0.185 e. The Labute approximate surface area is 122 Å². The number of aromatic nitrogens is 4. The van der Waals surface area contributed by atoms with Crippen LogP contribution in [0.3, 0.4) is 0 Å². The van der Waals surface area contributed by atoms with E-state index in [0.29, 0.717) is 22.1 Å². The molecule has 1 heterocycles. The van der Waals surface area contributed by atoms with Crippen LogP contribution in [0.5, 0.6) is 0 Å². The summed E-state index contributed by atoms with van der Waals surface area (Å²) in [7, 11) is 1.71. The Balaban J connectivity index is 2.09. The van der Waals surface area contributed by atoms with Crippen molar-refractivity contribution in [1.82, 2.24) is 20.2 Å². The van der Waals surface area contributed by atoms with E-state index in [4.69, 9.17) is 22.1 Å². The van der Waals surface area contributed by atoms with Crippen molar-refractivity contribution in [2.45, 2.75) is 25.8 Å². The van der Waals surface area contributed by atoms with Gasteiger partial charge in [0.05, 0.1) is 10.6 Å². The van der Waals surface area contributed by atoms with Gasteiger partial charge in [0, 0.05) is 25.9 Å². The molecule has 20 heavy (non-hydrogen) atoms. The van der Waals surface area contributed by atoms with Crippen LogP contribution in [0, 0.1) is 0 Å². The highest BCUT2D eigenvalue weighted by atomic mass is 35.5. The van der Waals surface area contributed by atoms with E-state index in [1.54, 1.807) is 30.0 Å². The number of nitrogens with zero attached hydrogens (tertiary/aromatic N) is 4. The van der Waals surface area contributed by atoms with Crippen LogP contribution < -0.4 is 5.73 Å². The number of tetrazole rings is 1. The zero-order valence-electron chi connectivity index (χ0n) is 11.4. The lowest BCUT2D eigenvalue weighted by molar-refractivity contribution is 0.191. The standard InChI is InChI=1S/C13H18ClN5O/c1-20-9-4-2-3-8-19-13(16-17-18-19)12-10(14)6-5-7-11(12)15/h5-7H,2-4,8-9,15H2,1H3. The van der Waals surface area contributed by atoms with Crippen LogP contribution in [0.25, 0.3) is 11.4 Å². The van der Waals surface area contributed by atoms with Gasteiger partial charge in [-0.05, 0) is 41.8 Å². The van der Waals surface area contributed by atoms with Gasteiger partial charge in [-0.15, -0.1) is 5.10 Å². The summed E-state index contributed by atoms with van der Waals surface area (Å²) in [5.74, 6) is 0.611. The maximum absolute atomic E-state index is 6.19. The molecule has 0 aliphatic rings. The highest BCUT2D eigenvalue weighted by Gasteiger charge is 2.15. The first-order valence-electron chi connectivity index (χ1n) is 6.53. The van der Waals surface area contributed by atoms with Crippen molar-refractivity contribution in [3.05, 3.63) is 23.2 Å². The third kappa shape index (κ3) is 3.46. The fraction of sp³-hybridized carbons (Fsp3) is 0.462. The zero-order valence-corrected chi connectivity index (χ0v) is 12.2. The summed E-state index contributed by atoms with van der Waals surface area (Å²) in [5.41, 5.74) is 7.23. The maximum atomic E-state index is 6.19.